The van der Waals surface area contributed by atoms with Gasteiger partial charge >= 0.3 is 0 Å². The summed E-state index contributed by atoms with van der Waals surface area (Å²) in [7, 11) is 0. The smallest absolute Gasteiger partial charge is 0.261 e. The number of thiophene rings is 1. The molecule has 3 nitrogen and oxygen atoms in total. The van der Waals surface area contributed by atoms with Gasteiger partial charge in [-0.25, -0.2) is 4.99 Å². The summed E-state index contributed by atoms with van der Waals surface area (Å²) in [6.45, 7) is 2.85. The van der Waals surface area contributed by atoms with Crippen LogP contribution in [0.15, 0.2) is 34.6 Å². The monoisotopic (exact) mass is 390 g/mol. The standard InChI is InChI=1S/C19H19ClN2OS2/c1-12-10-22(19(25-12)21-14-8-6-13(20)7-9-14)18(23)16-11-24-17-5-3-2-4-15(16)17/h6-9,11-12H,2-5,10H2,1H3/t12-/m0/s1. The normalized spacial score (nSPS) is 21.6. The molecule has 0 radical (unpaired) electrons. The lowest BCUT2D eigenvalue weighted by molar-refractivity contribution is 0.0854. The van der Waals surface area contributed by atoms with Crippen LogP contribution in [0.1, 0.15) is 40.6 Å². The second kappa shape index (κ2) is 7.14. The van der Waals surface area contributed by atoms with E-state index in [0.717, 1.165) is 29.3 Å². The Labute approximate surface area is 161 Å². The average molecular weight is 391 g/mol. The van der Waals surface area contributed by atoms with Crippen LogP contribution in [0.25, 0.3) is 0 Å². The Morgan fingerprint density at radius 3 is 2.80 bits per heavy atom. The van der Waals surface area contributed by atoms with Crippen LogP contribution in [0.3, 0.4) is 0 Å². The van der Waals surface area contributed by atoms with Crippen LogP contribution in [0.5, 0.6) is 0 Å². The summed E-state index contributed by atoms with van der Waals surface area (Å²) >= 11 is 9.35. The van der Waals surface area contributed by atoms with Gasteiger partial charge in [0.25, 0.3) is 5.91 Å². The molecule has 1 aromatic carbocycles. The van der Waals surface area contributed by atoms with E-state index < -0.39 is 0 Å². The van der Waals surface area contributed by atoms with E-state index in [4.69, 9.17) is 16.6 Å². The lowest BCUT2D eigenvalue weighted by Gasteiger charge is -2.18. The van der Waals surface area contributed by atoms with Gasteiger partial charge in [0, 0.05) is 27.1 Å². The molecule has 1 saturated heterocycles. The van der Waals surface area contributed by atoms with E-state index in [9.17, 15) is 4.79 Å². The first-order valence-corrected chi connectivity index (χ1v) is 10.7. The maximum atomic E-state index is 13.2. The van der Waals surface area contributed by atoms with Crippen LogP contribution in [-0.2, 0) is 12.8 Å². The van der Waals surface area contributed by atoms with Crippen molar-refractivity contribution in [2.75, 3.05) is 6.54 Å². The van der Waals surface area contributed by atoms with Gasteiger partial charge in [-0.1, -0.05) is 30.3 Å². The third kappa shape index (κ3) is 3.50. The quantitative estimate of drug-likeness (QED) is 0.673. The summed E-state index contributed by atoms with van der Waals surface area (Å²) in [6, 6.07) is 7.42. The summed E-state index contributed by atoms with van der Waals surface area (Å²) in [5, 5.41) is 3.88. The molecular weight excluding hydrogens is 372 g/mol. The molecule has 1 aliphatic heterocycles. The number of amides is 1. The number of halogens is 1. The third-order valence-electron chi connectivity index (χ3n) is 4.57. The van der Waals surface area contributed by atoms with Gasteiger partial charge in [-0.2, -0.15) is 0 Å². The summed E-state index contributed by atoms with van der Waals surface area (Å²) in [5.41, 5.74) is 2.99. The predicted octanol–water partition coefficient (Wildman–Crippen LogP) is 5.55. The summed E-state index contributed by atoms with van der Waals surface area (Å²) in [5.74, 6) is 0.101. The molecule has 0 unspecified atom stereocenters. The van der Waals surface area contributed by atoms with E-state index in [-0.39, 0.29) is 5.91 Å². The highest BCUT2D eigenvalue weighted by Gasteiger charge is 2.33. The molecule has 2 aromatic rings. The minimum Gasteiger partial charge on any atom is -0.286 e. The van der Waals surface area contributed by atoms with Gasteiger partial charge in [0.2, 0.25) is 0 Å². The molecule has 2 heterocycles. The number of thioether (sulfide) groups is 1. The van der Waals surface area contributed by atoms with Crippen molar-refractivity contribution in [3.8, 4) is 0 Å². The van der Waals surface area contributed by atoms with E-state index in [2.05, 4.69) is 6.92 Å². The van der Waals surface area contributed by atoms with Gasteiger partial charge < -0.3 is 0 Å². The fraction of sp³-hybridized carbons (Fsp3) is 0.368. The van der Waals surface area contributed by atoms with Crippen molar-refractivity contribution in [1.29, 1.82) is 0 Å². The van der Waals surface area contributed by atoms with E-state index in [1.54, 1.807) is 23.1 Å². The van der Waals surface area contributed by atoms with Gasteiger partial charge in [-0.05, 0) is 55.5 Å². The number of fused-ring (bicyclic) bond motifs is 1. The van der Waals surface area contributed by atoms with Crippen molar-refractivity contribution < 1.29 is 4.79 Å². The summed E-state index contributed by atoms with van der Waals surface area (Å²) < 4.78 is 0. The topological polar surface area (TPSA) is 32.7 Å². The number of amidine groups is 1. The molecule has 0 N–H and O–H groups in total. The zero-order chi connectivity index (χ0) is 17.4. The highest BCUT2D eigenvalue weighted by molar-refractivity contribution is 8.14. The highest BCUT2D eigenvalue weighted by Crippen LogP contribution is 2.34. The Hall–Kier alpha value is -1.30. The fourth-order valence-electron chi connectivity index (χ4n) is 3.32. The first kappa shape index (κ1) is 17.1. The Bertz CT molecular complexity index is 828. The van der Waals surface area contributed by atoms with Crippen molar-refractivity contribution in [3.05, 3.63) is 50.7 Å². The number of carbonyl (C=O) groups excluding carboxylic acids is 1. The molecule has 130 valence electrons. The molecule has 1 aromatic heterocycles. The van der Waals surface area contributed by atoms with Gasteiger partial charge in [0.1, 0.15) is 0 Å². The number of carbonyl (C=O) groups is 1. The maximum Gasteiger partial charge on any atom is 0.261 e. The zero-order valence-corrected chi connectivity index (χ0v) is 16.4. The van der Waals surface area contributed by atoms with Crippen LogP contribution in [0.4, 0.5) is 5.69 Å². The lowest BCUT2D eigenvalue weighted by atomic mass is 9.95. The number of hydrogen-bond donors (Lipinski definition) is 0. The zero-order valence-electron chi connectivity index (χ0n) is 14.0. The molecule has 25 heavy (non-hydrogen) atoms. The van der Waals surface area contributed by atoms with Crippen molar-refractivity contribution in [2.45, 2.75) is 37.9 Å². The van der Waals surface area contributed by atoms with Crippen molar-refractivity contribution >= 4 is 51.5 Å². The number of aliphatic imine (C=N–C) groups is 1. The van der Waals surface area contributed by atoms with E-state index in [1.165, 1.54) is 23.3 Å². The van der Waals surface area contributed by atoms with Crippen molar-refractivity contribution in [2.24, 2.45) is 4.99 Å². The summed E-state index contributed by atoms with van der Waals surface area (Å²) in [4.78, 5) is 21.1. The first-order valence-electron chi connectivity index (χ1n) is 8.54. The molecule has 1 amide bonds. The Morgan fingerprint density at radius 2 is 2.00 bits per heavy atom. The molecule has 1 fully saturated rings. The third-order valence-corrected chi connectivity index (χ3v) is 6.98. The van der Waals surface area contributed by atoms with Crippen LogP contribution in [0, 0.1) is 0 Å². The molecule has 2 aliphatic rings. The first-order chi connectivity index (χ1) is 12.1. The molecule has 0 spiro atoms. The minimum absolute atomic E-state index is 0.101. The minimum atomic E-state index is 0.101. The Kier molecular flexibility index (Phi) is 4.89. The number of nitrogens with zero attached hydrogens (tertiary/aromatic N) is 2. The van der Waals surface area contributed by atoms with Gasteiger partial charge in [0.05, 0.1) is 11.3 Å². The molecule has 6 heteroatoms. The van der Waals surface area contributed by atoms with Crippen molar-refractivity contribution in [3.63, 3.8) is 0 Å². The molecular formula is C19H19ClN2OS2. The Morgan fingerprint density at radius 1 is 1.24 bits per heavy atom. The van der Waals surface area contributed by atoms with Crippen molar-refractivity contribution in [1.82, 2.24) is 4.90 Å². The lowest BCUT2D eigenvalue weighted by Crippen LogP contribution is -2.33. The van der Waals surface area contributed by atoms with Gasteiger partial charge in [-0.15, -0.1) is 11.3 Å². The fourth-order valence-corrected chi connectivity index (χ4v) is 5.59. The van der Waals surface area contributed by atoms with E-state index in [0.29, 0.717) is 16.8 Å². The highest BCUT2D eigenvalue weighted by atomic mass is 35.5. The predicted molar refractivity (Wildman–Crippen MR) is 108 cm³/mol. The second-order valence-corrected chi connectivity index (χ2v) is 9.28. The largest absolute Gasteiger partial charge is 0.286 e. The Balaban J connectivity index is 1.64. The second-order valence-electron chi connectivity index (χ2n) is 6.47. The van der Waals surface area contributed by atoms with Crippen LogP contribution in [0.2, 0.25) is 5.02 Å². The number of aryl methyl sites for hydroxylation is 1. The average Bonchev–Trinajstić information content (AvgIpc) is 3.20. The summed E-state index contributed by atoms with van der Waals surface area (Å²) in [6.07, 6.45) is 4.56. The molecule has 0 bridgehead atoms. The van der Waals surface area contributed by atoms with Crippen LogP contribution < -0.4 is 0 Å². The number of hydrogen-bond acceptors (Lipinski definition) is 4. The maximum absolute atomic E-state index is 13.2. The SMILES string of the molecule is C[C@H]1CN(C(=O)c2csc3c2CCCC3)C(=Nc2ccc(Cl)cc2)S1. The van der Waals surface area contributed by atoms with Crippen LogP contribution in [-0.4, -0.2) is 27.8 Å². The molecule has 0 saturated carbocycles. The molecule has 1 aliphatic carbocycles. The van der Waals surface area contributed by atoms with E-state index in [1.807, 2.05) is 34.5 Å². The molecule has 1 atom stereocenters. The van der Waals surface area contributed by atoms with Gasteiger partial charge in [-0.3, -0.25) is 9.69 Å². The molecule has 4 rings (SSSR count). The van der Waals surface area contributed by atoms with E-state index >= 15 is 0 Å². The van der Waals surface area contributed by atoms with Gasteiger partial charge in [0.15, 0.2) is 5.17 Å². The number of benzene rings is 1. The van der Waals surface area contributed by atoms with Crippen LogP contribution >= 0.6 is 34.7 Å². The number of rotatable bonds is 2.